The number of anilines is 1. The fourth-order valence-corrected chi connectivity index (χ4v) is 2.81. The lowest BCUT2D eigenvalue weighted by Crippen LogP contribution is -3.13. The van der Waals surface area contributed by atoms with Crippen LogP contribution in [0, 0.1) is 5.82 Å². The van der Waals surface area contributed by atoms with Crippen molar-refractivity contribution in [2.24, 2.45) is 0 Å². The van der Waals surface area contributed by atoms with Crippen molar-refractivity contribution in [3.8, 4) is 5.75 Å². The highest BCUT2D eigenvalue weighted by atomic mass is 19.1. The van der Waals surface area contributed by atoms with E-state index >= 15 is 0 Å². The molecule has 1 saturated carbocycles. The lowest BCUT2D eigenvalue weighted by atomic mass is 10.2. The highest BCUT2D eigenvalue weighted by molar-refractivity contribution is 5.91. The second kappa shape index (κ2) is 7.45. The third-order valence-electron chi connectivity index (χ3n) is 4.29. The summed E-state index contributed by atoms with van der Waals surface area (Å²) in [7, 11) is 1.60. The van der Waals surface area contributed by atoms with Crippen LogP contribution in [-0.4, -0.2) is 25.6 Å². The van der Waals surface area contributed by atoms with Crippen LogP contribution in [0.4, 0.5) is 10.1 Å². The van der Waals surface area contributed by atoms with Crippen LogP contribution in [0.2, 0.25) is 0 Å². The zero-order valence-electron chi connectivity index (χ0n) is 13.7. The van der Waals surface area contributed by atoms with Crippen molar-refractivity contribution in [1.29, 1.82) is 0 Å². The molecule has 3 rings (SSSR count). The highest BCUT2D eigenvalue weighted by Gasteiger charge is 2.35. The fraction of sp³-hybridized carbons (Fsp3) is 0.316. The summed E-state index contributed by atoms with van der Waals surface area (Å²) in [5, 5.41) is 2.90. The van der Waals surface area contributed by atoms with Crippen LogP contribution in [0.3, 0.4) is 0 Å². The average Bonchev–Trinajstić information content (AvgIpc) is 3.42. The van der Waals surface area contributed by atoms with E-state index in [1.807, 2.05) is 18.2 Å². The van der Waals surface area contributed by atoms with Gasteiger partial charge >= 0.3 is 0 Å². The van der Waals surface area contributed by atoms with Gasteiger partial charge in [-0.05, 0) is 30.3 Å². The van der Waals surface area contributed by atoms with Gasteiger partial charge in [0.15, 0.2) is 6.54 Å². The molecular weight excluding hydrogens is 307 g/mol. The number of rotatable bonds is 7. The summed E-state index contributed by atoms with van der Waals surface area (Å²) in [6, 6.07) is 14.5. The Morgan fingerprint density at radius 1 is 1.21 bits per heavy atom. The van der Waals surface area contributed by atoms with E-state index in [-0.39, 0.29) is 11.7 Å². The van der Waals surface area contributed by atoms with Gasteiger partial charge in [0.25, 0.3) is 5.91 Å². The van der Waals surface area contributed by atoms with E-state index in [1.165, 1.54) is 6.07 Å². The number of hydrogen-bond donors (Lipinski definition) is 2. The number of halogens is 1. The van der Waals surface area contributed by atoms with Gasteiger partial charge in [-0.25, -0.2) is 4.39 Å². The van der Waals surface area contributed by atoms with E-state index in [0.29, 0.717) is 24.7 Å². The molecule has 2 N–H and O–H groups in total. The predicted molar refractivity (Wildman–Crippen MR) is 90.6 cm³/mol. The van der Waals surface area contributed by atoms with Crippen LogP contribution in [0.1, 0.15) is 18.4 Å². The average molecular weight is 329 g/mol. The Hall–Kier alpha value is -2.40. The molecule has 2 aromatic rings. The molecule has 0 aliphatic heterocycles. The highest BCUT2D eigenvalue weighted by Crippen LogP contribution is 2.17. The van der Waals surface area contributed by atoms with E-state index in [4.69, 9.17) is 4.74 Å². The topological polar surface area (TPSA) is 42.8 Å². The number of carbonyl (C=O) groups is 1. The second-order valence-electron chi connectivity index (χ2n) is 6.15. The van der Waals surface area contributed by atoms with Gasteiger partial charge < -0.3 is 15.0 Å². The molecule has 1 aliphatic carbocycles. The molecule has 0 spiro atoms. The number of hydrogen-bond acceptors (Lipinski definition) is 2. The fourth-order valence-electron chi connectivity index (χ4n) is 2.81. The van der Waals surface area contributed by atoms with Crippen molar-refractivity contribution in [3.05, 3.63) is 59.9 Å². The molecule has 5 heteroatoms. The number of carbonyl (C=O) groups excluding carboxylic acids is 1. The minimum absolute atomic E-state index is 0.0570. The molecule has 1 aliphatic rings. The van der Waals surface area contributed by atoms with Gasteiger partial charge in [-0.2, -0.15) is 0 Å². The predicted octanol–water partition coefficient (Wildman–Crippen LogP) is 2.02. The van der Waals surface area contributed by atoms with Crippen LogP contribution in [-0.2, 0) is 11.3 Å². The molecule has 24 heavy (non-hydrogen) atoms. The molecule has 1 atom stereocenters. The van der Waals surface area contributed by atoms with E-state index in [0.717, 1.165) is 29.2 Å². The summed E-state index contributed by atoms with van der Waals surface area (Å²) in [6.45, 7) is 0.873. The Labute approximate surface area is 141 Å². The summed E-state index contributed by atoms with van der Waals surface area (Å²) >= 11 is 0. The third kappa shape index (κ3) is 4.32. The summed E-state index contributed by atoms with van der Waals surface area (Å²) in [5.74, 6) is 0.488. The van der Waals surface area contributed by atoms with Crippen molar-refractivity contribution in [2.75, 3.05) is 19.0 Å². The van der Waals surface area contributed by atoms with Gasteiger partial charge in [0.05, 0.1) is 13.2 Å². The van der Waals surface area contributed by atoms with Gasteiger partial charge in [-0.15, -0.1) is 0 Å². The van der Waals surface area contributed by atoms with Crippen LogP contribution in [0.15, 0.2) is 48.5 Å². The van der Waals surface area contributed by atoms with Crippen LogP contribution in [0.5, 0.6) is 5.75 Å². The molecule has 1 fully saturated rings. The van der Waals surface area contributed by atoms with Crippen molar-refractivity contribution in [2.45, 2.75) is 25.4 Å². The number of methoxy groups -OCH3 is 1. The molecule has 1 unspecified atom stereocenters. The summed E-state index contributed by atoms with van der Waals surface area (Å²) in [6.07, 6.45) is 2.19. The Kier molecular flexibility index (Phi) is 5.11. The Balaban J connectivity index is 1.60. The maximum absolute atomic E-state index is 13.9. The molecule has 126 valence electrons. The normalized spacial score (nSPS) is 14.9. The number of quaternary nitrogens is 1. The summed E-state index contributed by atoms with van der Waals surface area (Å²) in [5.41, 5.74) is 1.40. The van der Waals surface area contributed by atoms with Gasteiger partial charge in [-0.1, -0.05) is 18.2 Å². The first-order valence-corrected chi connectivity index (χ1v) is 8.17. The number of nitrogens with one attached hydrogen (secondary N) is 2. The van der Waals surface area contributed by atoms with Crippen molar-refractivity contribution >= 4 is 11.6 Å². The standard InChI is InChI=1S/C19H21FN2O2/c1-24-17-10-6-15(7-11-17)21-19(23)13-22(16-8-9-16)12-14-4-2-3-5-18(14)20/h2-7,10-11,16H,8-9,12-13H2,1H3,(H,21,23)/p+1. The molecule has 0 radical (unpaired) electrons. The quantitative estimate of drug-likeness (QED) is 0.816. The van der Waals surface area contributed by atoms with Gasteiger partial charge in [0.2, 0.25) is 0 Å². The molecule has 0 aromatic heterocycles. The van der Waals surface area contributed by atoms with E-state index < -0.39 is 0 Å². The van der Waals surface area contributed by atoms with Crippen molar-refractivity contribution in [1.82, 2.24) is 0 Å². The molecule has 4 nitrogen and oxygen atoms in total. The molecule has 0 saturated heterocycles. The van der Waals surface area contributed by atoms with E-state index in [1.54, 1.807) is 31.4 Å². The minimum atomic E-state index is -0.203. The second-order valence-corrected chi connectivity index (χ2v) is 6.15. The Morgan fingerprint density at radius 2 is 1.92 bits per heavy atom. The minimum Gasteiger partial charge on any atom is -0.497 e. The SMILES string of the molecule is COc1ccc(NC(=O)C[NH+](Cc2ccccc2F)C2CC2)cc1. The lowest BCUT2D eigenvalue weighted by molar-refractivity contribution is -0.917. The zero-order chi connectivity index (χ0) is 16.9. The number of ether oxygens (including phenoxy) is 1. The Bertz CT molecular complexity index is 699. The van der Waals surface area contributed by atoms with Gasteiger partial charge in [-0.3, -0.25) is 4.79 Å². The maximum atomic E-state index is 13.9. The van der Waals surface area contributed by atoms with Crippen molar-refractivity contribution < 1.29 is 18.8 Å². The molecule has 1 amide bonds. The third-order valence-corrected chi connectivity index (χ3v) is 4.29. The monoisotopic (exact) mass is 329 g/mol. The largest absolute Gasteiger partial charge is 0.497 e. The lowest BCUT2D eigenvalue weighted by Gasteiger charge is -2.19. The molecule has 0 bridgehead atoms. The number of benzene rings is 2. The molecular formula is C19H22FN2O2+. The number of amides is 1. The summed E-state index contributed by atoms with van der Waals surface area (Å²) in [4.78, 5) is 13.4. The first-order chi connectivity index (χ1) is 11.7. The van der Waals surface area contributed by atoms with Gasteiger partial charge in [0, 0.05) is 24.1 Å². The van der Waals surface area contributed by atoms with E-state index in [9.17, 15) is 9.18 Å². The first kappa shape index (κ1) is 16.5. The zero-order valence-corrected chi connectivity index (χ0v) is 13.7. The smallest absolute Gasteiger partial charge is 0.279 e. The van der Waals surface area contributed by atoms with Crippen molar-refractivity contribution in [3.63, 3.8) is 0 Å². The maximum Gasteiger partial charge on any atom is 0.279 e. The first-order valence-electron chi connectivity index (χ1n) is 8.17. The van der Waals surface area contributed by atoms with E-state index in [2.05, 4.69) is 5.32 Å². The van der Waals surface area contributed by atoms with Crippen LogP contribution >= 0.6 is 0 Å². The summed E-state index contributed by atoms with van der Waals surface area (Å²) < 4.78 is 19.0. The molecule has 2 aromatic carbocycles. The van der Waals surface area contributed by atoms with Crippen LogP contribution in [0.25, 0.3) is 0 Å². The Morgan fingerprint density at radius 3 is 2.54 bits per heavy atom. The molecule has 0 heterocycles. The van der Waals surface area contributed by atoms with Gasteiger partial charge in [0.1, 0.15) is 18.1 Å². The van der Waals surface area contributed by atoms with Crippen LogP contribution < -0.4 is 15.0 Å².